The van der Waals surface area contributed by atoms with E-state index in [4.69, 9.17) is 17.4 Å². The molecule has 1 aromatic carbocycles. The first-order valence-corrected chi connectivity index (χ1v) is 4.26. The number of amides is 2. The number of nitrogens with two attached hydrogens (primary N) is 1. The zero-order valence-electron chi connectivity index (χ0n) is 7.53. The van der Waals surface area contributed by atoms with Crippen LogP contribution < -0.4 is 5.84 Å². The van der Waals surface area contributed by atoms with Gasteiger partial charge in [0.2, 0.25) is 5.91 Å². The average Bonchev–Trinajstić information content (AvgIpc) is 2.16. The van der Waals surface area contributed by atoms with Crippen LogP contribution in [0.25, 0.3) is 0 Å². The molecule has 5 heteroatoms. The fourth-order valence-corrected chi connectivity index (χ4v) is 1.12. The molecule has 0 saturated heterocycles. The van der Waals surface area contributed by atoms with Crippen molar-refractivity contribution >= 4 is 23.4 Å². The highest BCUT2D eigenvalue weighted by Crippen LogP contribution is 2.15. The van der Waals surface area contributed by atoms with Crippen molar-refractivity contribution in [2.45, 2.75) is 6.92 Å². The Morgan fingerprint density at radius 3 is 2.43 bits per heavy atom. The lowest BCUT2D eigenvalue weighted by Gasteiger charge is -2.12. The molecule has 1 rings (SSSR count). The van der Waals surface area contributed by atoms with Gasteiger partial charge in [-0.1, -0.05) is 23.7 Å². The molecule has 0 unspecified atom stereocenters. The summed E-state index contributed by atoms with van der Waals surface area (Å²) in [6.07, 6.45) is 0. The molecule has 2 N–H and O–H groups in total. The van der Waals surface area contributed by atoms with Crippen molar-refractivity contribution in [2.75, 3.05) is 0 Å². The zero-order valence-corrected chi connectivity index (χ0v) is 8.28. The quantitative estimate of drug-likeness (QED) is 0.432. The van der Waals surface area contributed by atoms with Gasteiger partial charge in [0.1, 0.15) is 0 Å². The van der Waals surface area contributed by atoms with Crippen LogP contribution in [0.4, 0.5) is 0 Å². The highest BCUT2D eigenvalue weighted by Gasteiger charge is 2.17. The predicted octanol–water partition coefficient (Wildman–Crippen LogP) is 1.20. The predicted molar refractivity (Wildman–Crippen MR) is 52.5 cm³/mol. The summed E-state index contributed by atoms with van der Waals surface area (Å²) in [4.78, 5) is 22.3. The van der Waals surface area contributed by atoms with Gasteiger partial charge in [-0.15, -0.1) is 0 Å². The molecule has 0 aliphatic carbocycles. The van der Waals surface area contributed by atoms with Crippen LogP contribution in [0, 0.1) is 0 Å². The van der Waals surface area contributed by atoms with Crippen LogP contribution in [0.15, 0.2) is 24.3 Å². The summed E-state index contributed by atoms with van der Waals surface area (Å²) in [6, 6.07) is 6.40. The summed E-state index contributed by atoms with van der Waals surface area (Å²) >= 11 is 5.75. The van der Waals surface area contributed by atoms with E-state index in [2.05, 4.69) is 0 Å². The maximum Gasteiger partial charge on any atom is 0.276 e. The van der Waals surface area contributed by atoms with Gasteiger partial charge in [-0.05, 0) is 12.1 Å². The van der Waals surface area contributed by atoms with Gasteiger partial charge in [0.15, 0.2) is 0 Å². The van der Waals surface area contributed by atoms with Crippen molar-refractivity contribution in [1.82, 2.24) is 5.01 Å². The molecule has 4 nitrogen and oxygen atoms in total. The fraction of sp³-hybridized carbons (Fsp3) is 0.111. The minimum absolute atomic E-state index is 0.215. The molecule has 0 aliphatic heterocycles. The summed E-state index contributed by atoms with van der Waals surface area (Å²) in [6.45, 7) is 1.20. The molecule has 0 heterocycles. The SMILES string of the molecule is CC(=O)N(N)C(=O)c1ccccc1Cl. The fourth-order valence-electron chi connectivity index (χ4n) is 0.907. The van der Waals surface area contributed by atoms with E-state index < -0.39 is 11.8 Å². The second-order valence-electron chi connectivity index (χ2n) is 2.67. The molecule has 14 heavy (non-hydrogen) atoms. The van der Waals surface area contributed by atoms with Crippen molar-refractivity contribution in [1.29, 1.82) is 0 Å². The van der Waals surface area contributed by atoms with Crippen LogP contribution in [0.2, 0.25) is 5.02 Å². The van der Waals surface area contributed by atoms with Gasteiger partial charge >= 0.3 is 0 Å². The van der Waals surface area contributed by atoms with Gasteiger partial charge in [-0.3, -0.25) is 9.59 Å². The van der Waals surface area contributed by atoms with Crippen LogP contribution in [0.5, 0.6) is 0 Å². The number of hydrogen-bond donors (Lipinski definition) is 1. The Balaban J connectivity index is 3.01. The Morgan fingerprint density at radius 1 is 1.36 bits per heavy atom. The van der Waals surface area contributed by atoms with E-state index in [9.17, 15) is 9.59 Å². The number of carbonyl (C=O) groups is 2. The zero-order chi connectivity index (χ0) is 10.7. The van der Waals surface area contributed by atoms with E-state index in [1.807, 2.05) is 0 Å². The third-order valence-electron chi connectivity index (χ3n) is 1.66. The summed E-state index contributed by atoms with van der Waals surface area (Å²) < 4.78 is 0. The molecule has 0 radical (unpaired) electrons. The maximum absolute atomic E-state index is 11.5. The molecule has 2 amide bonds. The summed E-state index contributed by atoms with van der Waals surface area (Å²) in [5.41, 5.74) is 0.215. The normalized spacial score (nSPS) is 9.64. The number of hydrogen-bond acceptors (Lipinski definition) is 3. The van der Waals surface area contributed by atoms with Gasteiger partial charge in [0.25, 0.3) is 5.91 Å². The Hall–Kier alpha value is -1.39. The smallest absolute Gasteiger partial charge is 0.273 e. The van der Waals surface area contributed by atoms with Crippen LogP contribution in [0.3, 0.4) is 0 Å². The topological polar surface area (TPSA) is 63.4 Å². The van der Waals surface area contributed by atoms with E-state index in [0.29, 0.717) is 5.01 Å². The third-order valence-corrected chi connectivity index (χ3v) is 1.99. The monoisotopic (exact) mass is 212 g/mol. The Kier molecular flexibility index (Phi) is 3.22. The highest BCUT2D eigenvalue weighted by atomic mass is 35.5. The first-order chi connectivity index (χ1) is 6.54. The number of rotatable bonds is 1. The van der Waals surface area contributed by atoms with E-state index in [-0.39, 0.29) is 10.6 Å². The first-order valence-electron chi connectivity index (χ1n) is 3.88. The van der Waals surface area contributed by atoms with E-state index in [0.717, 1.165) is 0 Å². The van der Waals surface area contributed by atoms with Crippen LogP contribution in [-0.2, 0) is 4.79 Å². The summed E-state index contributed by atoms with van der Waals surface area (Å²) in [5, 5.41) is 0.801. The molecule has 0 aromatic heterocycles. The number of hydrazine groups is 1. The average molecular weight is 213 g/mol. The van der Waals surface area contributed by atoms with Crippen molar-refractivity contribution in [3.63, 3.8) is 0 Å². The van der Waals surface area contributed by atoms with E-state index >= 15 is 0 Å². The van der Waals surface area contributed by atoms with Crippen molar-refractivity contribution in [3.05, 3.63) is 34.9 Å². The Bertz CT molecular complexity index is 379. The number of benzene rings is 1. The molecule has 0 saturated carbocycles. The Labute approximate surface area is 86.2 Å². The standard InChI is InChI=1S/C9H9ClN2O2/c1-6(13)12(11)9(14)7-4-2-3-5-8(7)10/h2-5H,11H2,1H3. The third kappa shape index (κ3) is 2.10. The number of nitrogens with zero attached hydrogens (tertiary/aromatic N) is 1. The minimum Gasteiger partial charge on any atom is -0.273 e. The van der Waals surface area contributed by atoms with Crippen molar-refractivity contribution < 1.29 is 9.59 Å². The minimum atomic E-state index is -0.608. The van der Waals surface area contributed by atoms with E-state index in [1.54, 1.807) is 18.2 Å². The summed E-state index contributed by atoms with van der Waals surface area (Å²) in [5.74, 6) is 4.10. The molecule has 0 fully saturated rings. The van der Waals surface area contributed by atoms with Crippen LogP contribution in [-0.4, -0.2) is 16.8 Å². The second kappa shape index (κ2) is 4.21. The van der Waals surface area contributed by atoms with Crippen LogP contribution >= 0.6 is 11.6 Å². The lowest BCUT2D eigenvalue weighted by molar-refractivity contribution is -0.126. The first kappa shape index (κ1) is 10.7. The van der Waals surface area contributed by atoms with Gasteiger partial charge < -0.3 is 0 Å². The van der Waals surface area contributed by atoms with Gasteiger partial charge in [-0.25, -0.2) is 10.9 Å². The number of carbonyl (C=O) groups excluding carboxylic acids is 2. The molecule has 0 spiro atoms. The molecule has 1 aromatic rings. The molecule has 74 valence electrons. The number of halogens is 1. The van der Waals surface area contributed by atoms with Crippen molar-refractivity contribution in [3.8, 4) is 0 Å². The summed E-state index contributed by atoms with van der Waals surface area (Å²) in [7, 11) is 0. The molecule has 0 atom stereocenters. The van der Waals surface area contributed by atoms with E-state index in [1.165, 1.54) is 13.0 Å². The molecule has 0 aliphatic rings. The highest BCUT2D eigenvalue weighted by molar-refractivity contribution is 6.34. The molecular weight excluding hydrogens is 204 g/mol. The Morgan fingerprint density at radius 2 is 1.93 bits per heavy atom. The molecule has 0 bridgehead atoms. The second-order valence-corrected chi connectivity index (χ2v) is 3.08. The van der Waals surface area contributed by atoms with Gasteiger partial charge in [-0.2, -0.15) is 0 Å². The van der Waals surface area contributed by atoms with Gasteiger partial charge in [0, 0.05) is 6.92 Å². The maximum atomic E-state index is 11.5. The largest absolute Gasteiger partial charge is 0.276 e. The van der Waals surface area contributed by atoms with Gasteiger partial charge in [0.05, 0.1) is 10.6 Å². The molecular formula is C9H9ClN2O2. The van der Waals surface area contributed by atoms with Crippen molar-refractivity contribution in [2.24, 2.45) is 5.84 Å². The lowest BCUT2D eigenvalue weighted by Crippen LogP contribution is -2.41. The van der Waals surface area contributed by atoms with Crippen LogP contribution in [0.1, 0.15) is 17.3 Å². The number of imide groups is 1. The lowest BCUT2D eigenvalue weighted by atomic mass is 10.2.